The van der Waals surface area contributed by atoms with E-state index in [1.807, 2.05) is 0 Å². The highest BCUT2D eigenvalue weighted by atomic mass is 19.1. The third-order valence-electron chi connectivity index (χ3n) is 6.71. The quantitative estimate of drug-likeness (QED) is 0.239. The number of H-pyrrole nitrogens is 1. The van der Waals surface area contributed by atoms with Crippen LogP contribution in [-0.2, 0) is 11.3 Å². The molecule has 204 valence electrons. The van der Waals surface area contributed by atoms with Crippen LogP contribution in [0.15, 0.2) is 35.4 Å². The summed E-state index contributed by atoms with van der Waals surface area (Å²) in [6, 6.07) is 4.37. The number of ether oxygens (including phenoxy) is 1. The molecule has 1 saturated heterocycles. The van der Waals surface area contributed by atoms with Gasteiger partial charge in [-0.2, -0.15) is 0 Å². The molecule has 1 aliphatic rings. The molecular formula is C27H29FN6O5. The Kier molecular flexibility index (Phi) is 6.98. The van der Waals surface area contributed by atoms with Gasteiger partial charge in [0.1, 0.15) is 22.8 Å². The first-order chi connectivity index (χ1) is 18.7. The van der Waals surface area contributed by atoms with Crippen LogP contribution in [0.3, 0.4) is 0 Å². The summed E-state index contributed by atoms with van der Waals surface area (Å²) in [7, 11) is 1.69. The molecule has 3 aromatic heterocycles. The molecule has 11 nitrogen and oxygen atoms in total. The Morgan fingerprint density at radius 2 is 2.05 bits per heavy atom. The molecule has 4 heterocycles. The highest BCUT2D eigenvalue weighted by molar-refractivity contribution is 6.05. The van der Waals surface area contributed by atoms with Crippen LogP contribution in [0, 0.1) is 5.82 Å². The van der Waals surface area contributed by atoms with Gasteiger partial charge in [0, 0.05) is 55.7 Å². The fourth-order valence-electron chi connectivity index (χ4n) is 4.98. The number of aromatic amines is 1. The van der Waals surface area contributed by atoms with E-state index in [9.17, 15) is 24.2 Å². The number of hydrogen-bond donors (Lipinski definition) is 5. The Morgan fingerprint density at radius 3 is 2.72 bits per heavy atom. The molecule has 1 unspecified atom stereocenters. The summed E-state index contributed by atoms with van der Waals surface area (Å²) in [6.07, 6.45) is 3.76. The highest BCUT2D eigenvalue weighted by Gasteiger charge is 2.23. The zero-order valence-electron chi connectivity index (χ0n) is 21.5. The topological polar surface area (TPSA) is 159 Å². The number of pyridine rings is 2. The Labute approximate surface area is 222 Å². The molecule has 0 radical (unpaired) electrons. The molecule has 1 fully saturated rings. The van der Waals surface area contributed by atoms with Crippen molar-refractivity contribution in [3.63, 3.8) is 0 Å². The summed E-state index contributed by atoms with van der Waals surface area (Å²) in [4.78, 5) is 34.6. The largest absolute Gasteiger partial charge is 0.477 e. The molecule has 1 aliphatic heterocycles. The molecule has 1 aromatic carbocycles. The Morgan fingerprint density at radius 1 is 1.31 bits per heavy atom. The predicted molar refractivity (Wildman–Crippen MR) is 147 cm³/mol. The van der Waals surface area contributed by atoms with Gasteiger partial charge < -0.3 is 40.5 Å². The summed E-state index contributed by atoms with van der Waals surface area (Å²) in [5.41, 5.74) is 8.60. The highest BCUT2D eigenvalue weighted by Crippen LogP contribution is 2.37. The molecule has 5 rings (SSSR count). The predicted octanol–water partition coefficient (Wildman–Crippen LogP) is 2.55. The number of nitrogens with two attached hydrogens (primary N) is 1. The van der Waals surface area contributed by atoms with Gasteiger partial charge in [-0.3, -0.25) is 4.79 Å². The number of nitrogens with zero attached hydrogens (tertiary/aromatic N) is 3. The normalized spacial score (nSPS) is 15.2. The maximum absolute atomic E-state index is 14.6. The van der Waals surface area contributed by atoms with Crippen LogP contribution in [0.1, 0.15) is 28.4 Å². The first-order valence-corrected chi connectivity index (χ1v) is 12.5. The number of morpholine rings is 1. The van der Waals surface area contributed by atoms with Crippen LogP contribution < -0.4 is 16.5 Å². The van der Waals surface area contributed by atoms with Crippen molar-refractivity contribution in [3.05, 3.63) is 63.3 Å². The summed E-state index contributed by atoms with van der Waals surface area (Å²) in [5, 5.41) is 23.2. The van der Waals surface area contributed by atoms with Crippen molar-refractivity contribution in [3.8, 4) is 0 Å². The number of aliphatic hydroxyl groups is 1. The number of halogens is 1. The molecule has 39 heavy (non-hydrogen) atoms. The van der Waals surface area contributed by atoms with Crippen LogP contribution in [0.25, 0.3) is 33.7 Å². The second-order valence-corrected chi connectivity index (χ2v) is 9.49. The molecule has 1 atom stereocenters. The first kappa shape index (κ1) is 26.2. The molecule has 0 aliphatic carbocycles. The summed E-state index contributed by atoms with van der Waals surface area (Å²) in [5.74, 6) is -1.46. The fourth-order valence-corrected chi connectivity index (χ4v) is 4.98. The molecule has 4 aromatic rings. The minimum Gasteiger partial charge on any atom is -0.477 e. The van der Waals surface area contributed by atoms with E-state index in [4.69, 9.17) is 10.5 Å². The Bertz CT molecular complexity index is 1670. The Hall–Kier alpha value is -4.42. The SMILES string of the molecule is CNc1cc(F)cc2c(/C(=C/c3cnc4c(c3)c(=O)c(C(=O)O)cn4CC(C)O)N3CCOCC3)c(N)[nH]c12. The lowest BCUT2D eigenvalue weighted by atomic mass is 10.0. The van der Waals surface area contributed by atoms with E-state index in [0.717, 1.165) is 0 Å². The van der Waals surface area contributed by atoms with E-state index in [1.54, 1.807) is 32.3 Å². The summed E-state index contributed by atoms with van der Waals surface area (Å²) in [6.45, 7) is 3.69. The minimum atomic E-state index is -1.37. The number of carbonyl (C=O) groups is 1. The number of fused-ring (bicyclic) bond motifs is 2. The molecule has 0 bridgehead atoms. The molecule has 0 amide bonds. The smallest absolute Gasteiger partial charge is 0.341 e. The van der Waals surface area contributed by atoms with Crippen molar-refractivity contribution in [1.82, 2.24) is 19.4 Å². The van der Waals surface area contributed by atoms with Gasteiger partial charge in [0.05, 0.1) is 35.9 Å². The zero-order chi connectivity index (χ0) is 27.8. The van der Waals surface area contributed by atoms with Gasteiger partial charge in [-0.15, -0.1) is 0 Å². The second-order valence-electron chi connectivity index (χ2n) is 9.49. The van der Waals surface area contributed by atoms with E-state index in [2.05, 4.69) is 20.2 Å². The standard InChI is InChI=1S/C27H29FN6O5/c1-14(35)12-34-13-19(27(37)38)24(36)18-7-15(11-31-26(18)34)8-21(33-3-5-39-6-4-33)22-17-9-16(28)10-20(30-2)23(17)32-25(22)29/h7-11,13-14,30,32,35H,3-6,12,29H2,1-2H3,(H,37,38)/b21-8-. The third-order valence-corrected chi connectivity index (χ3v) is 6.71. The zero-order valence-corrected chi connectivity index (χ0v) is 21.5. The van der Waals surface area contributed by atoms with Crippen molar-refractivity contribution in [2.75, 3.05) is 44.4 Å². The number of nitrogens with one attached hydrogen (secondary N) is 2. The molecule has 0 saturated carbocycles. The number of nitrogen functional groups attached to an aromatic ring is 1. The number of anilines is 2. The number of carboxylic acids is 1. The number of aliphatic hydroxyl groups excluding tert-OH is 1. The number of aromatic nitrogens is 3. The molecule has 0 spiro atoms. The van der Waals surface area contributed by atoms with E-state index in [0.29, 0.717) is 65.5 Å². The van der Waals surface area contributed by atoms with Crippen LogP contribution in [0.2, 0.25) is 0 Å². The van der Waals surface area contributed by atoms with E-state index < -0.39 is 28.9 Å². The van der Waals surface area contributed by atoms with Crippen LogP contribution in [0.4, 0.5) is 15.9 Å². The minimum absolute atomic E-state index is 0.0590. The van der Waals surface area contributed by atoms with Gasteiger partial charge in [-0.05, 0) is 36.8 Å². The van der Waals surface area contributed by atoms with Gasteiger partial charge in [-0.1, -0.05) is 0 Å². The van der Waals surface area contributed by atoms with Crippen molar-refractivity contribution in [2.45, 2.75) is 19.6 Å². The van der Waals surface area contributed by atoms with E-state index in [1.165, 1.54) is 22.9 Å². The second kappa shape index (κ2) is 10.4. The molecular weight excluding hydrogens is 507 g/mol. The van der Waals surface area contributed by atoms with Gasteiger partial charge >= 0.3 is 5.97 Å². The van der Waals surface area contributed by atoms with Gasteiger partial charge in [0.25, 0.3) is 0 Å². The monoisotopic (exact) mass is 536 g/mol. The number of hydrogen-bond acceptors (Lipinski definition) is 8. The first-order valence-electron chi connectivity index (χ1n) is 12.5. The summed E-state index contributed by atoms with van der Waals surface area (Å²) >= 11 is 0. The maximum atomic E-state index is 14.6. The number of carboxylic acid groups (broad SMARTS) is 1. The fraction of sp³-hybridized carbons (Fsp3) is 0.296. The third kappa shape index (κ3) is 4.91. The lowest BCUT2D eigenvalue weighted by Gasteiger charge is -2.31. The van der Waals surface area contributed by atoms with Crippen molar-refractivity contribution in [1.29, 1.82) is 0 Å². The number of benzene rings is 1. The average Bonchev–Trinajstić information content (AvgIpc) is 3.23. The maximum Gasteiger partial charge on any atom is 0.341 e. The lowest BCUT2D eigenvalue weighted by Crippen LogP contribution is -2.35. The van der Waals surface area contributed by atoms with Crippen molar-refractivity contribution in [2.24, 2.45) is 0 Å². The molecule has 12 heteroatoms. The van der Waals surface area contributed by atoms with Gasteiger partial charge in [0.2, 0.25) is 5.43 Å². The average molecular weight is 537 g/mol. The van der Waals surface area contributed by atoms with Crippen molar-refractivity contribution < 1.29 is 24.1 Å². The van der Waals surface area contributed by atoms with Gasteiger partial charge in [0.15, 0.2) is 0 Å². The molecule has 6 N–H and O–H groups in total. The van der Waals surface area contributed by atoms with Crippen molar-refractivity contribution >= 4 is 51.2 Å². The van der Waals surface area contributed by atoms with Crippen LogP contribution >= 0.6 is 0 Å². The summed E-state index contributed by atoms with van der Waals surface area (Å²) < 4.78 is 21.6. The van der Waals surface area contributed by atoms with Crippen LogP contribution in [0.5, 0.6) is 0 Å². The lowest BCUT2D eigenvalue weighted by molar-refractivity contribution is 0.0643. The van der Waals surface area contributed by atoms with Crippen LogP contribution in [-0.4, -0.2) is 75.1 Å². The van der Waals surface area contributed by atoms with E-state index in [-0.39, 0.29) is 17.6 Å². The number of rotatable bonds is 7. The number of aromatic carboxylic acids is 1. The van der Waals surface area contributed by atoms with E-state index >= 15 is 0 Å². The Balaban J connectivity index is 1.75. The van der Waals surface area contributed by atoms with Gasteiger partial charge in [-0.25, -0.2) is 14.2 Å².